The second-order valence-electron chi connectivity index (χ2n) is 5.13. The Hall–Kier alpha value is -0.930. The highest BCUT2D eigenvalue weighted by Crippen LogP contribution is 2.26. The fourth-order valence-corrected chi connectivity index (χ4v) is 1.71. The molecule has 0 aliphatic heterocycles. The standard InChI is InChI=1S/C15H24FNO/c1-5-14(17)15(18-11(4)10(2)3)12-7-6-8-13(16)9-12/h6-11,14-15H,5,17H2,1-4H3. The quantitative estimate of drug-likeness (QED) is 0.839. The van der Waals surface area contributed by atoms with Crippen LogP contribution in [0.3, 0.4) is 0 Å². The molecule has 0 spiro atoms. The summed E-state index contributed by atoms with van der Waals surface area (Å²) in [6.07, 6.45) is 0.644. The van der Waals surface area contributed by atoms with Gasteiger partial charge in [0.25, 0.3) is 0 Å². The molecular weight excluding hydrogens is 229 g/mol. The van der Waals surface area contributed by atoms with Crippen molar-refractivity contribution in [3.63, 3.8) is 0 Å². The summed E-state index contributed by atoms with van der Waals surface area (Å²) in [6, 6.07) is 6.39. The molecule has 3 atom stereocenters. The van der Waals surface area contributed by atoms with Gasteiger partial charge >= 0.3 is 0 Å². The second kappa shape index (κ2) is 6.86. The molecule has 0 bridgehead atoms. The Morgan fingerprint density at radius 3 is 2.44 bits per heavy atom. The summed E-state index contributed by atoms with van der Waals surface area (Å²) in [5, 5.41) is 0. The van der Waals surface area contributed by atoms with Crippen LogP contribution in [0.4, 0.5) is 4.39 Å². The molecule has 0 saturated heterocycles. The van der Waals surface area contributed by atoms with Gasteiger partial charge in [-0.05, 0) is 37.0 Å². The summed E-state index contributed by atoms with van der Waals surface area (Å²) in [4.78, 5) is 0. The Labute approximate surface area is 109 Å². The Kier molecular flexibility index (Phi) is 5.76. The zero-order valence-electron chi connectivity index (χ0n) is 11.7. The monoisotopic (exact) mass is 253 g/mol. The molecule has 0 heterocycles. The van der Waals surface area contributed by atoms with Gasteiger partial charge in [0.05, 0.1) is 12.2 Å². The number of benzene rings is 1. The van der Waals surface area contributed by atoms with Crippen molar-refractivity contribution in [3.8, 4) is 0 Å². The molecule has 1 aromatic rings. The lowest BCUT2D eigenvalue weighted by Crippen LogP contribution is -2.33. The van der Waals surface area contributed by atoms with Gasteiger partial charge in [0.15, 0.2) is 0 Å². The first-order valence-corrected chi connectivity index (χ1v) is 6.62. The van der Waals surface area contributed by atoms with Crippen molar-refractivity contribution >= 4 is 0 Å². The van der Waals surface area contributed by atoms with E-state index in [0.717, 1.165) is 12.0 Å². The first kappa shape index (κ1) is 15.1. The highest BCUT2D eigenvalue weighted by molar-refractivity contribution is 5.20. The summed E-state index contributed by atoms with van der Waals surface area (Å²) >= 11 is 0. The van der Waals surface area contributed by atoms with E-state index in [2.05, 4.69) is 13.8 Å². The van der Waals surface area contributed by atoms with Crippen LogP contribution in [0, 0.1) is 11.7 Å². The second-order valence-corrected chi connectivity index (χ2v) is 5.13. The van der Waals surface area contributed by atoms with Gasteiger partial charge in [0.1, 0.15) is 5.82 Å². The van der Waals surface area contributed by atoms with E-state index in [1.807, 2.05) is 19.9 Å². The van der Waals surface area contributed by atoms with Crippen molar-refractivity contribution in [2.24, 2.45) is 11.7 Å². The van der Waals surface area contributed by atoms with E-state index in [4.69, 9.17) is 10.5 Å². The number of halogens is 1. The summed E-state index contributed by atoms with van der Waals surface area (Å²) in [6.45, 7) is 8.25. The lowest BCUT2D eigenvalue weighted by Gasteiger charge is -2.29. The maximum absolute atomic E-state index is 13.3. The fourth-order valence-electron chi connectivity index (χ4n) is 1.71. The molecule has 2 nitrogen and oxygen atoms in total. The molecule has 0 fully saturated rings. The Balaban J connectivity index is 2.91. The summed E-state index contributed by atoms with van der Waals surface area (Å²) in [5.41, 5.74) is 6.92. The lowest BCUT2D eigenvalue weighted by atomic mass is 9.99. The number of nitrogens with two attached hydrogens (primary N) is 1. The number of hydrogen-bond acceptors (Lipinski definition) is 2. The third-order valence-electron chi connectivity index (χ3n) is 3.34. The van der Waals surface area contributed by atoms with Crippen LogP contribution < -0.4 is 5.73 Å². The molecule has 3 heteroatoms. The molecule has 0 aliphatic rings. The van der Waals surface area contributed by atoms with Gasteiger partial charge in [-0.1, -0.05) is 32.9 Å². The molecule has 0 amide bonds. The van der Waals surface area contributed by atoms with E-state index in [1.54, 1.807) is 6.07 Å². The van der Waals surface area contributed by atoms with E-state index in [0.29, 0.717) is 5.92 Å². The SMILES string of the molecule is CCC(N)C(OC(C)C(C)C)c1cccc(F)c1. The molecule has 2 N–H and O–H groups in total. The molecule has 0 aliphatic carbocycles. The molecule has 0 saturated carbocycles. The number of ether oxygens (including phenoxy) is 1. The topological polar surface area (TPSA) is 35.2 Å². The van der Waals surface area contributed by atoms with Crippen LogP contribution in [0.2, 0.25) is 0 Å². The maximum atomic E-state index is 13.3. The van der Waals surface area contributed by atoms with Gasteiger partial charge in [-0.25, -0.2) is 4.39 Å². The fraction of sp³-hybridized carbons (Fsp3) is 0.600. The van der Waals surface area contributed by atoms with Crippen LogP contribution in [0.25, 0.3) is 0 Å². The predicted molar refractivity (Wildman–Crippen MR) is 72.8 cm³/mol. The van der Waals surface area contributed by atoms with Gasteiger partial charge in [-0.2, -0.15) is 0 Å². The molecule has 1 aromatic carbocycles. The third kappa shape index (κ3) is 4.07. The predicted octanol–water partition coefficient (Wildman–Crippen LogP) is 3.67. The van der Waals surface area contributed by atoms with Crippen molar-refractivity contribution in [3.05, 3.63) is 35.6 Å². The normalized spacial score (nSPS) is 16.6. The molecule has 102 valence electrons. The number of rotatable bonds is 6. The minimum absolute atomic E-state index is 0.0934. The minimum Gasteiger partial charge on any atom is -0.369 e. The van der Waals surface area contributed by atoms with Crippen molar-refractivity contribution < 1.29 is 9.13 Å². The zero-order valence-corrected chi connectivity index (χ0v) is 11.7. The Bertz CT molecular complexity index is 367. The first-order chi connectivity index (χ1) is 8.45. The van der Waals surface area contributed by atoms with Crippen molar-refractivity contribution in [2.45, 2.75) is 52.4 Å². The van der Waals surface area contributed by atoms with E-state index >= 15 is 0 Å². The largest absolute Gasteiger partial charge is 0.369 e. The van der Waals surface area contributed by atoms with Crippen LogP contribution in [0.1, 0.15) is 45.8 Å². The van der Waals surface area contributed by atoms with E-state index in [1.165, 1.54) is 12.1 Å². The highest BCUT2D eigenvalue weighted by Gasteiger charge is 2.23. The van der Waals surface area contributed by atoms with E-state index in [9.17, 15) is 4.39 Å². The summed E-state index contributed by atoms with van der Waals surface area (Å²) < 4.78 is 19.3. The zero-order chi connectivity index (χ0) is 13.7. The maximum Gasteiger partial charge on any atom is 0.123 e. The van der Waals surface area contributed by atoms with Gasteiger partial charge in [-0.15, -0.1) is 0 Å². The van der Waals surface area contributed by atoms with E-state index < -0.39 is 0 Å². The molecular formula is C15H24FNO. The smallest absolute Gasteiger partial charge is 0.123 e. The lowest BCUT2D eigenvalue weighted by molar-refractivity contribution is -0.0396. The molecule has 3 unspecified atom stereocenters. The van der Waals surface area contributed by atoms with Gasteiger partial charge in [-0.3, -0.25) is 0 Å². The molecule has 1 rings (SSSR count). The average Bonchev–Trinajstić information content (AvgIpc) is 2.34. The Morgan fingerprint density at radius 2 is 1.94 bits per heavy atom. The molecule has 18 heavy (non-hydrogen) atoms. The van der Waals surface area contributed by atoms with Crippen LogP contribution in [0.15, 0.2) is 24.3 Å². The van der Waals surface area contributed by atoms with Gasteiger partial charge in [0.2, 0.25) is 0 Å². The number of hydrogen-bond donors (Lipinski definition) is 1. The summed E-state index contributed by atoms with van der Waals surface area (Å²) in [7, 11) is 0. The average molecular weight is 253 g/mol. The highest BCUT2D eigenvalue weighted by atomic mass is 19.1. The first-order valence-electron chi connectivity index (χ1n) is 6.62. The molecule has 0 aromatic heterocycles. The van der Waals surface area contributed by atoms with Gasteiger partial charge < -0.3 is 10.5 Å². The summed E-state index contributed by atoms with van der Waals surface area (Å²) in [5.74, 6) is 0.159. The van der Waals surface area contributed by atoms with Crippen molar-refractivity contribution in [2.75, 3.05) is 0 Å². The van der Waals surface area contributed by atoms with Crippen molar-refractivity contribution in [1.29, 1.82) is 0 Å². The van der Waals surface area contributed by atoms with Gasteiger partial charge in [0, 0.05) is 6.04 Å². The molecule has 0 radical (unpaired) electrons. The Morgan fingerprint density at radius 1 is 1.28 bits per heavy atom. The van der Waals surface area contributed by atoms with Crippen LogP contribution in [-0.4, -0.2) is 12.1 Å². The third-order valence-corrected chi connectivity index (χ3v) is 3.34. The van der Waals surface area contributed by atoms with Crippen LogP contribution in [0.5, 0.6) is 0 Å². The van der Waals surface area contributed by atoms with Crippen molar-refractivity contribution in [1.82, 2.24) is 0 Å². The van der Waals surface area contributed by atoms with Crippen LogP contribution in [-0.2, 0) is 4.74 Å². The minimum atomic E-state index is -0.249. The van der Waals surface area contributed by atoms with Crippen LogP contribution >= 0.6 is 0 Å². The van der Waals surface area contributed by atoms with E-state index in [-0.39, 0.29) is 24.1 Å².